The molecule has 3 rings (SSSR count). The van der Waals surface area contributed by atoms with Gasteiger partial charge in [0.05, 0.1) is 17.8 Å². The van der Waals surface area contributed by atoms with Crippen LogP contribution in [0.2, 0.25) is 5.02 Å². The molecule has 1 heterocycles. The van der Waals surface area contributed by atoms with Crippen LogP contribution in [0.3, 0.4) is 0 Å². The molecule has 5 nitrogen and oxygen atoms in total. The van der Waals surface area contributed by atoms with E-state index >= 15 is 0 Å². The van der Waals surface area contributed by atoms with Crippen LogP contribution in [0.15, 0.2) is 53.7 Å². The number of carbonyl (C=O) groups is 1. The maximum absolute atomic E-state index is 12.9. The Kier molecular flexibility index (Phi) is 7.03. The van der Waals surface area contributed by atoms with Gasteiger partial charge in [0, 0.05) is 23.5 Å². The molecule has 0 unspecified atom stereocenters. The van der Waals surface area contributed by atoms with E-state index < -0.39 is 17.3 Å². The van der Waals surface area contributed by atoms with Crippen molar-refractivity contribution in [1.82, 2.24) is 10.2 Å². The van der Waals surface area contributed by atoms with Crippen molar-refractivity contribution in [3.05, 3.63) is 70.2 Å². The highest BCUT2D eigenvalue weighted by Crippen LogP contribution is 2.29. The lowest BCUT2D eigenvalue weighted by Crippen LogP contribution is -2.50. The van der Waals surface area contributed by atoms with Crippen LogP contribution in [0.5, 0.6) is 0 Å². The highest BCUT2D eigenvalue weighted by Gasteiger charge is 2.31. The molecular formula is C23H25ClF3N3O2. The van der Waals surface area contributed by atoms with Crippen molar-refractivity contribution >= 4 is 23.3 Å². The second kappa shape index (κ2) is 9.40. The summed E-state index contributed by atoms with van der Waals surface area (Å²) < 4.78 is 38.6. The number of nitrogens with one attached hydrogen (secondary N) is 1. The number of urea groups is 1. The molecule has 0 fully saturated rings. The number of hydrogen-bond acceptors (Lipinski definition) is 3. The highest BCUT2D eigenvalue weighted by atomic mass is 35.5. The number of nitrogens with zero attached hydrogens (tertiary/aromatic N) is 2. The molecule has 0 aromatic heterocycles. The first-order valence-electron chi connectivity index (χ1n) is 10.1. The molecule has 0 radical (unpaired) electrons. The third-order valence-corrected chi connectivity index (χ3v) is 5.01. The smallest absolute Gasteiger partial charge is 0.390 e. The van der Waals surface area contributed by atoms with Crippen molar-refractivity contribution in [1.29, 1.82) is 0 Å². The molecule has 1 N–H and O–H groups in total. The number of halogens is 4. The van der Waals surface area contributed by atoms with Gasteiger partial charge in [0.15, 0.2) is 6.10 Å². The maximum Gasteiger partial charge on any atom is 0.416 e. The van der Waals surface area contributed by atoms with Gasteiger partial charge in [-0.1, -0.05) is 41.0 Å². The average Bonchev–Trinajstić information content (AvgIpc) is 3.15. The van der Waals surface area contributed by atoms with Crippen LogP contribution in [0.1, 0.15) is 43.9 Å². The largest absolute Gasteiger partial charge is 0.416 e. The van der Waals surface area contributed by atoms with Crippen molar-refractivity contribution in [3.63, 3.8) is 0 Å². The summed E-state index contributed by atoms with van der Waals surface area (Å²) in [5, 5.41) is 7.65. The molecule has 0 saturated carbocycles. The second-order valence-electron chi connectivity index (χ2n) is 8.73. The van der Waals surface area contributed by atoms with Gasteiger partial charge in [0.25, 0.3) is 0 Å². The topological polar surface area (TPSA) is 53.9 Å². The van der Waals surface area contributed by atoms with Crippen molar-refractivity contribution in [2.45, 2.75) is 51.6 Å². The summed E-state index contributed by atoms with van der Waals surface area (Å²) in [7, 11) is 0. The fourth-order valence-corrected chi connectivity index (χ4v) is 3.35. The van der Waals surface area contributed by atoms with Crippen LogP contribution in [-0.4, -0.2) is 34.8 Å². The van der Waals surface area contributed by atoms with Crippen molar-refractivity contribution in [2.24, 2.45) is 5.16 Å². The third kappa shape index (κ3) is 6.63. The van der Waals surface area contributed by atoms with Gasteiger partial charge in [-0.2, -0.15) is 13.2 Å². The Morgan fingerprint density at radius 3 is 2.31 bits per heavy atom. The molecule has 2 aromatic rings. The zero-order chi connectivity index (χ0) is 23.5. The van der Waals surface area contributed by atoms with E-state index in [1.807, 2.05) is 32.9 Å². The Bertz CT molecular complexity index is 968. The normalized spacial score (nSPS) is 16.3. The highest BCUT2D eigenvalue weighted by molar-refractivity contribution is 6.30. The van der Waals surface area contributed by atoms with E-state index in [0.717, 1.165) is 23.4 Å². The maximum atomic E-state index is 12.9. The first-order valence-corrected chi connectivity index (χ1v) is 10.5. The molecule has 2 amide bonds. The minimum Gasteiger partial charge on any atom is -0.390 e. The Morgan fingerprint density at radius 2 is 1.75 bits per heavy atom. The van der Waals surface area contributed by atoms with Crippen LogP contribution in [-0.2, 0) is 17.6 Å². The molecule has 32 heavy (non-hydrogen) atoms. The SMILES string of the molecule is CC(C)(C)NC(=O)N(Cc1ccc(C(F)(F)F)cc1)C[C@@H]1CC(c2ccc(Cl)cc2)=NO1. The minimum atomic E-state index is -4.41. The number of amides is 2. The fourth-order valence-electron chi connectivity index (χ4n) is 3.22. The van der Waals surface area contributed by atoms with Gasteiger partial charge in [0.2, 0.25) is 0 Å². The van der Waals surface area contributed by atoms with Gasteiger partial charge in [-0.25, -0.2) is 4.79 Å². The van der Waals surface area contributed by atoms with Crippen LogP contribution in [0.4, 0.5) is 18.0 Å². The van der Waals surface area contributed by atoms with Crippen LogP contribution < -0.4 is 5.32 Å². The van der Waals surface area contributed by atoms with Crippen LogP contribution in [0, 0.1) is 0 Å². The Balaban J connectivity index is 1.71. The number of alkyl halides is 3. The first-order chi connectivity index (χ1) is 14.9. The minimum absolute atomic E-state index is 0.135. The number of oxime groups is 1. The number of rotatable bonds is 5. The molecule has 9 heteroatoms. The van der Waals surface area contributed by atoms with Gasteiger partial charge in [-0.15, -0.1) is 0 Å². The quantitative estimate of drug-likeness (QED) is 0.598. The zero-order valence-corrected chi connectivity index (χ0v) is 18.8. The summed E-state index contributed by atoms with van der Waals surface area (Å²) in [6.07, 6.45) is -4.29. The van der Waals surface area contributed by atoms with Gasteiger partial charge < -0.3 is 15.1 Å². The predicted octanol–water partition coefficient (Wildman–Crippen LogP) is 5.86. The molecular weight excluding hydrogens is 443 g/mol. The summed E-state index contributed by atoms with van der Waals surface area (Å²) in [4.78, 5) is 20.0. The second-order valence-corrected chi connectivity index (χ2v) is 9.17. The standard InChI is InChI=1S/C23H25ClF3N3O2/c1-22(2,3)28-21(31)30(13-15-4-8-17(9-5-15)23(25,26)27)14-19-12-20(29-32-19)16-6-10-18(24)11-7-16/h4-11,19H,12-14H2,1-3H3,(H,28,31)/t19-/m0/s1. The number of hydrogen-bond donors (Lipinski definition) is 1. The van der Waals surface area contributed by atoms with E-state index in [4.69, 9.17) is 16.4 Å². The van der Waals surface area contributed by atoms with E-state index in [1.54, 1.807) is 12.1 Å². The van der Waals surface area contributed by atoms with Gasteiger partial charge >= 0.3 is 12.2 Å². The summed E-state index contributed by atoms with van der Waals surface area (Å²) in [6.45, 7) is 5.93. The molecule has 0 spiro atoms. The Morgan fingerprint density at radius 1 is 1.12 bits per heavy atom. The summed E-state index contributed by atoms with van der Waals surface area (Å²) in [6, 6.07) is 11.7. The molecule has 1 atom stereocenters. The lowest BCUT2D eigenvalue weighted by molar-refractivity contribution is -0.137. The molecule has 0 aliphatic carbocycles. The molecule has 172 valence electrons. The summed E-state index contributed by atoms with van der Waals surface area (Å²) in [5.74, 6) is 0. The third-order valence-electron chi connectivity index (χ3n) is 4.76. The average molecular weight is 468 g/mol. The predicted molar refractivity (Wildman–Crippen MR) is 118 cm³/mol. The van der Waals surface area contributed by atoms with Gasteiger partial charge in [-0.05, 0) is 56.2 Å². The lowest BCUT2D eigenvalue weighted by Gasteiger charge is -2.29. The summed E-state index contributed by atoms with van der Waals surface area (Å²) >= 11 is 5.93. The van der Waals surface area contributed by atoms with Crippen LogP contribution >= 0.6 is 11.6 Å². The van der Waals surface area contributed by atoms with Crippen molar-refractivity contribution in [2.75, 3.05) is 6.54 Å². The molecule has 1 aliphatic rings. The summed E-state index contributed by atoms with van der Waals surface area (Å²) in [5.41, 5.74) is 1.01. The lowest BCUT2D eigenvalue weighted by atomic mass is 10.0. The number of benzene rings is 2. The van der Waals surface area contributed by atoms with E-state index in [2.05, 4.69) is 10.5 Å². The molecule has 1 aliphatic heterocycles. The van der Waals surface area contributed by atoms with E-state index in [-0.39, 0.29) is 25.2 Å². The zero-order valence-electron chi connectivity index (χ0n) is 18.0. The van der Waals surface area contributed by atoms with Crippen molar-refractivity contribution in [3.8, 4) is 0 Å². The van der Waals surface area contributed by atoms with E-state index in [1.165, 1.54) is 17.0 Å². The van der Waals surface area contributed by atoms with Crippen LogP contribution in [0.25, 0.3) is 0 Å². The molecule has 2 aromatic carbocycles. The molecule has 0 bridgehead atoms. The monoisotopic (exact) mass is 467 g/mol. The van der Waals surface area contributed by atoms with E-state index in [9.17, 15) is 18.0 Å². The Hall–Kier alpha value is -2.74. The van der Waals surface area contributed by atoms with Gasteiger partial charge in [-0.3, -0.25) is 0 Å². The first kappa shape index (κ1) is 23.9. The molecule has 0 saturated heterocycles. The van der Waals surface area contributed by atoms with E-state index in [0.29, 0.717) is 17.0 Å². The fraction of sp³-hybridized carbons (Fsp3) is 0.391. The van der Waals surface area contributed by atoms with Gasteiger partial charge in [0.1, 0.15) is 0 Å². The Labute approximate surface area is 190 Å². The van der Waals surface area contributed by atoms with Crippen molar-refractivity contribution < 1.29 is 22.8 Å². The number of carbonyl (C=O) groups excluding carboxylic acids is 1.